The van der Waals surface area contributed by atoms with Gasteiger partial charge in [0.25, 0.3) is 5.91 Å². The third-order valence-electron chi connectivity index (χ3n) is 12.4. The van der Waals surface area contributed by atoms with Gasteiger partial charge in [-0.1, -0.05) is 38.1 Å². The number of anilines is 2. The lowest BCUT2D eigenvalue weighted by molar-refractivity contribution is -0.255. The Balaban J connectivity index is 1.38. The minimum atomic E-state index is -2.43. The van der Waals surface area contributed by atoms with Crippen molar-refractivity contribution in [3.8, 4) is 0 Å². The lowest BCUT2D eigenvalue weighted by atomic mass is 9.78. The van der Waals surface area contributed by atoms with Gasteiger partial charge < -0.3 is 34.5 Å². The molecule has 1 N–H and O–H groups in total. The summed E-state index contributed by atoms with van der Waals surface area (Å²) in [6, 6.07) is 14.1. The van der Waals surface area contributed by atoms with Crippen molar-refractivity contribution in [1.29, 1.82) is 0 Å². The van der Waals surface area contributed by atoms with Crippen LogP contribution in [-0.4, -0.2) is 84.0 Å². The van der Waals surface area contributed by atoms with E-state index in [2.05, 4.69) is 120 Å². The van der Waals surface area contributed by atoms with Crippen LogP contribution in [0.4, 0.5) is 11.4 Å². The molecular weight excluding hydrogens is 750 g/mol. The van der Waals surface area contributed by atoms with E-state index in [1.165, 1.54) is 27.6 Å². The summed E-state index contributed by atoms with van der Waals surface area (Å²) in [6.07, 6.45) is 8.85. The number of fused-ring (bicyclic) bond motifs is 4. The Morgan fingerprint density at radius 3 is 1.81 bits per heavy atom. The number of carbonyl (C=O) groups excluding carboxylic acids is 2. The summed E-state index contributed by atoms with van der Waals surface area (Å²) in [5.74, 6) is -0.0712. The van der Waals surface area contributed by atoms with E-state index in [0.29, 0.717) is 50.0 Å². The highest BCUT2D eigenvalue weighted by Crippen LogP contribution is 2.46. The van der Waals surface area contributed by atoms with E-state index in [1.54, 1.807) is 12.1 Å². The molecule has 3 aromatic carbocycles. The van der Waals surface area contributed by atoms with Crippen LogP contribution in [0.5, 0.6) is 0 Å². The van der Waals surface area contributed by atoms with Gasteiger partial charge in [0.2, 0.25) is 0 Å². The average Bonchev–Trinajstić information content (AvgIpc) is 3.15. The minimum Gasteiger partial charge on any atom is -0.538 e. The SMILES string of the molecule is CC1=CC(C)(C)N(C)c2cc3c(cc21)[C+](c1cc(C(=O)NCCOCCOCCCCCCCl)ccc1C(=O)[O-])c1cc2c(cc1[Si]3(C)C)N(C)C(C)(C)C=C2C. The Morgan fingerprint density at radius 1 is 0.754 bits per heavy atom. The van der Waals surface area contributed by atoms with Gasteiger partial charge in [0, 0.05) is 55.9 Å². The second-order valence-electron chi connectivity index (χ2n) is 17.5. The van der Waals surface area contributed by atoms with Gasteiger partial charge in [-0.15, -0.1) is 11.6 Å². The van der Waals surface area contributed by atoms with E-state index in [-0.39, 0.29) is 22.5 Å². The first kappa shape index (κ1) is 42.6. The molecule has 0 saturated carbocycles. The van der Waals surface area contributed by atoms with Crippen LogP contribution in [0.3, 0.4) is 0 Å². The molecule has 0 saturated heterocycles. The van der Waals surface area contributed by atoms with Gasteiger partial charge in [-0.3, -0.25) is 4.79 Å². The number of benzene rings is 3. The average molecular weight is 811 g/mol. The number of likely N-dealkylation sites (N-methyl/N-ethyl adjacent to an activating group) is 2. The number of carboxylic acid groups (broad SMARTS) is 1. The molecule has 0 aliphatic carbocycles. The normalized spacial score (nSPS) is 17.2. The first-order chi connectivity index (χ1) is 26.9. The molecule has 57 heavy (non-hydrogen) atoms. The van der Waals surface area contributed by atoms with Gasteiger partial charge in [-0.2, -0.15) is 0 Å². The number of nitrogens with one attached hydrogen (secondary N) is 1. The number of carbonyl (C=O) groups is 2. The fourth-order valence-electron chi connectivity index (χ4n) is 8.80. The summed E-state index contributed by atoms with van der Waals surface area (Å²) < 4.78 is 11.4. The van der Waals surface area contributed by atoms with Crippen LogP contribution < -0.4 is 30.6 Å². The summed E-state index contributed by atoms with van der Waals surface area (Å²) in [4.78, 5) is 31.4. The zero-order chi connectivity index (χ0) is 41.4. The first-order valence-corrected chi connectivity index (χ1v) is 23.9. The lowest BCUT2D eigenvalue weighted by Crippen LogP contribution is -2.60. The first-order valence-electron chi connectivity index (χ1n) is 20.4. The van der Waals surface area contributed by atoms with Gasteiger partial charge in [0.15, 0.2) is 8.07 Å². The van der Waals surface area contributed by atoms with Crippen molar-refractivity contribution in [3.63, 3.8) is 0 Å². The number of alkyl halides is 1. The maximum absolute atomic E-state index is 13.7. The van der Waals surface area contributed by atoms with E-state index < -0.39 is 14.0 Å². The molecule has 6 rings (SSSR count). The summed E-state index contributed by atoms with van der Waals surface area (Å²) >= 11 is 5.74. The van der Waals surface area contributed by atoms with Crippen LogP contribution >= 0.6 is 11.6 Å². The van der Waals surface area contributed by atoms with Gasteiger partial charge in [0.05, 0.1) is 76.4 Å². The summed E-state index contributed by atoms with van der Waals surface area (Å²) in [7, 11) is 1.87. The van der Waals surface area contributed by atoms with Crippen molar-refractivity contribution in [1.82, 2.24) is 5.32 Å². The number of aromatic carboxylic acids is 1. The second-order valence-corrected chi connectivity index (χ2v) is 22.2. The summed E-state index contributed by atoms with van der Waals surface area (Å²) in [5, 5.41) is 18.5. The molecule has 3 aliphatic heterocycles. The number of nitrogens with zero attached hydrogens (tertiary/aromatic N) is 2. The topological polar surface area (TPSA) is 94.2 Å². The quantitative estimate of drug-likeness (QED) is 0.0763. The summed E-state index contributed by atoms with van der Waals surface area (Å²) in [6.45, 7) is 20.3. The Morgan fingerprint density at radius 2 is 1.28 bits per heavy atom. The van der Waals surface area contributed by atoms with Gasteiger partial charge in [-0.05, 0) is 112 Å². The van der Waals surface area contributed by atoms with Crippen LogP contribution in [0.1, 0.15) is 116 Å². The standard InChI is InChI=1S/C47H60ClN3O5Si/c1-30-28-46(3,4)50(7)39-26-41-37(24-34(30)39)43(38-25-35-31(2)29-47(5,6)51(8)40(35)27-42(38)57(41,9)10)36-23-32(15-16-33(36)45(53)54)44(52)49-18-20-56-22-21-55-19-14-12-11-13-17-48/h15-16,23-29H,11-14,17-22H2,1-10H3,(H-,49,52,53,54). The third-order valence-corrected chi connectivity index (χ3v) is 16.2. The highest BCUT2D eigenvalue weighted by Gasteiger charge is 2.48. The molecule has 0 atom stereocenters. The predicted molar refractivity (Wildman–Crippen MR) is 236 cm³/mol. The Bertz CT molecular complexity index is 2010. The lowest BCUT2D eigenvalue weighted by Gasteiger charge is -2.44. The van der Waals surface area contributed by atoms with Crippen molar-refractivity contribution in [3.05, 3.63) is 99.5 Å². The predicted octanol–water partition coefficient (Wildman–Crippen LogP) is 7.03. The zero-order valence-electron chi connectivity index (χ0n) is 35.6. The second kappa shape index (κ2) is 16.7. The van der Waals surface area contributed by atoms with Crippen molar-refractivity contribution in [2.24, 2.45) is 0 Å². The minimum absolute atomic E-state index is 0.0497. The van der Waals surface area contributed by atoms with E-state index >= 15 is 0 Å². The molecular formula is C47H60ClN3O5Si. The maximum atomic E-state index is 13.7. The summed E-state index contributed by atoms with van der Waals surface area (Å²) in [5.41, 5.74) is 9.47. The van der Waals surface area contributed by atoms with Crippen LogP contribution in [0, 0.1) is 5.92 Å². The Hall–Kier alpha value is -4.02. The molecule has 0 spiro atoms. The van der Waals surface area contributed by atoms with Crippen LogP contribution in [0.15, 0.2) is 54.6 Å². The maximum Gasteiger partial charge on any atom is 0.257 e. The molecule has 8 nitrogen and oxygen atoms in total. The van der Waals surface area contributed by atoms with Crippen molar-refractivity contribution in [2.75, 3.05) is 62.7 Å². The molecule has 3 aliphatic rings. The fraction of sp³-hybridized carbons (Fsp3) is 0.468. The number of carboxylic acids is 1. The number of amides is 1. The van der Waals surface area contributed by atoms with Crippen molar-refractivity contribution >= 4 is 64.4 Å². The molecule has 0 fully saturated rings. The number of halogens is 1. The zero-order valence-corrected chi connectivity index (χ0v) is 37.3. The Labute approximate surface area is 346 Å². The monoisotopic (exact) mass is 809 g/mol. The molecule has 0 radical (unpaired) electrons. The number of ether oxygens (including phenoxy) is 2. The van der Waals surface area contributed by atoms with Crippen molar-refractivity contribution in [2.45, 2.75) is 91.4 Å². The molecule has 304 valence electrons. The van der Waals surface area contributed by atoms with Crippen LogP contribution in [0.2, 0.25) is 13.1 Å². The van der Waals surface area contributed by atoms with E-state index in [9.17, 15) is 14.7 Å². The number of hydrogen-bond donors (Lipinski definition) is 1. The molecule has 3 heterocycles. The number of hydrogen-bond acceptors (Lipinski definition) is 7. The van der Waals surface area contributed by atoms with Crippen LogP contribution in [-0.2, 0) is 9.47 Å². The molecule has 0 aromatic heterocycles. The third kappa shape index (κ3) is 8.31. The number of unbranched alkanes of at least 4 members (excludes halogenated alkanes) is 3. The molecule has 0 bridgehead atoms. The highest BCUT2D eigenvalue weighted by atomic mass is 35.5. The van der Waals surface area contributed by atoms with Gasteiger partial charge >= 0.3 is 0 Å². The fourth-order valence-corrected chi connectivity index (χ4v) is 12.0. The number of rotatable bonds is 15. The molecule has 10 heteroatoms. The smallest absolute Gasteiger partial charge is 0.257 e. The van der Waals surface area contributed by atoms with Gasteiger partial charge in [-0.25, -0.2) is 0 Å². The highest BCUT2D eigenvalue weighted by molar-refractivity contribution is 7.01. The van der Waals surface area contributed by atoms with E-state index in [1.807, 2.05) is 0 Å². The van der Waals surface area contributed by atoms with Gasteiger partial charge in [0.1, 0.15) is 0 Å². The molecule has 0 unspecified atom stereocenters. The largest absolute Gasteiger partial charge is 0.538 e. The number of allylic oxidation sites excluding steroid dienone is 2. The van der Waals surface area contributed by atoms with Crippen LogP contribution in [0.25, 0.3) is 11.1 Å². The Kier molecular flexibility index (Phi) is 12.5. The molecule has 3 aromatic rings. The molecule has 1 amide bonds. The van der Waals surface area contributed by atoms with E-state index in [0.717, 1.165) is 65.2 Å². The van der Waals surface area contributed by atoms with E-state index in [4.69, 9.17) is 21.1 Å². The van der Waals surface area contributed by atoms with Crippen molar-refractivity contribution < 1.29 is 24.2 Å².